The number of benzene rings is 2. The van der Waals surface area contributed by atoms with Crippen LogP contribution >= 0.6 is 0 Å². The van der Waals surface area contributed by atoms with Crippen molar-refractivity contribution in [2.45, 2.75) is 6.42 Å². The van der Waals surface area contributed by atoms with Crippen LogP contribution in [0.3, 0.4) is 0 Å². The van der Waals surface area contributed by atoms with Crippen molar-refractivity contribution in [1.29, 1.82) is 0 Å². The number of rotatable bonds is 4. The molecule has 0 bridgehead atoms. The summed E-state index contributed by atoms with van der Waals surface area (Å²) in [6.45, 7) is 0. The number of ether oxygens (including phenoxy) is 1. The summed E-state index contributed by atoms with van der Waals surface area (Å²) in [6, 6.07) is 16.1. The molecule has 0 unspecified atom stereocenters. The second-order valence-corrected chi connectivity index (χ2v) is 4.27. The van der Waals surface area contributed by atoms with E-state index in [0.29, 0.717) is 5.56 Å². The van der Waals surface area contributed by atoms with Crippen molar-refractivity contribution in [1.82, 2.24) is 0 Å². The van der Waals surface area contributed by atoms with Gasteiger partial charge in [-0.2, -0.15) is 0 Å². The van der Waals surface area contributed by atoms with Gasteiger partial charge in [0.05, 0.1) is 13.5 Å². The average molecular weight is 269 g/mol. The van der Waals surface area contributed by atoms with Crippen LogP contribution in [0.1, 0.15) is 15.9 Å². The highest BCUT2D eigenvalue weighted by Crippen LogP contribution is 2.11. The molecule has 0 aliphatic carbocycles. The fraction of sp³-hybridized carbons (Fsp3) is 0.125. The molecule has 4 nitrogen and oxygen atoms in total. The highest BCUT2D eigenvalue weighted by molar-refractivity contribution is 6.04. The lowest BCUT2D eigenvalue weighted by molar-refractivity contribution is -0.139. The quantitative estimate of drug-likeness (QED) is 0.868. The maximum absolute atomic E-state index is 12.1. The summed E-state index contributed by atoms with van der Waals surface area (Å²) in [6.07, 6.45) is 0.156. The van der Waals surface area contributed by atoms with Crippen molar-refractivity contribution in [3.05, 3.63) is 65.7 Å². The Kier molecular flexibility index (Phi) is 4.50. The molecular weight excluding hydrogens is 254 g/mol. The van der Waals surface area contributed by atoms with Crippen LogP contribution < -0.4 is 5.32 Å². The summed E-state index contributed by atoms with van der Waals surface area (Å²) >= 11 is 0. The first-order valence-corrected chi connectivity index (χ1v) is 6.21. The van der Waals surface area contributed by atoms with Gasteiger partial charge >= 0.3 is 5.97 Å². The number of esters is 1. The van der Waals surface area contributed by atoms with Gasteiger partial charge in [-0.05, 0) is 29.8 Å². The minimum absolute atomic E-state index is 0.156. The second kappa shape index (κ2) is 6.52. The zero-order valence-corrected chi connectivity index (χ0v) is 11.1. The summed E-state index contributed by atoms with van der Waals surface area (Å²) in [7, 11) is 1.34. The monoisotopic (exact) mass is 269 g/mol. The third kappa shape index (κ3) is 3.68. The molecule has 2 rings (SSSR count). The summed E-state index contributed by atoms with van der Waals surface area (Å²) in [4.78, 5) is 23.3. The number of methoxy groups -OCH3 is 1. The summed E-state index contributed by atoms with van der Waals surface area (Å²) in [5.74, 6) is -0.534. The smallest absolute Gasteiger partial charge is 0.309 e. The Morgan fingerprint density at radius 2 is 1.80 bits per heavy atom. The molecule has 0 fully saturated rings. The standard InChI is InChI=1S/C16H15NO3/c1-20-15(18)11-12-6-5-7-13(10-12)16(19)17-14-8-3-2-4-9-14/h2-10H,11H2,1H3,(H,17,19). The Hall–Kier alpha value is -2.62. The van der Waals surface area contributed by atoms with E-state index >= 15 is 0 Å². The van der Waals surface area contributed by atoms with Crippen molar-refractivity contribution >= 4 is 17.6 Å². The van der Waals surface area contributed by atoms with Gasteiger partial charge in [0.15, 0.2) is 0 Å². The van der Waals surface area contributed by atoms with Crippen molar-refractivity contribution in [3.63, 3.8) is 0 Å². The number of para-hydroxylation sites is 1. The van der Waals surface area contributed by atoms with Crippen LogP contribution in [0.15, 0.2) is 54.6 Å². The highest BCUT2D eigenvalue weighted by Gasteiger charge is 2.08. The molecule has 0 aromatic heterocycles. The Labute approximate surface area is 117 Å². The molecule has 102 valence electrons. The second-order valence-electron chi connectivity index (χ2n) is 4.27. The van der Waals surface area contributed by atoms with Gasteiger partial charge < -0.3 is 10.1 Å². The van der Waals surface area contributed by atoms with E-state index < -0.39 is 0 Å². The maximum atomic E-state index is 12.1. The van der Waals surface area contributed by atoms with Crippen LogP contribution in [0.4, 0.5) is 5.69 Å². The Morgan fingerprint density at radius 1 is 1.05 bits per heavy atom. The molecule has 0 heterocycles. The first-order chi connectivity index (χ1) is 9.69. The van der Waals surface area contributed by atoms with Crippen molar-refractivity contribution in [3.8, 4) is 0 Å². The number of nitrogens with one attached hydrogen (secondary N) is 1. The molecule has 0 spiro atoms. The topological polar surface area (TPSA) is 55.4 Å². The molecule has 1 N–H and O–H groups in total. The molecule has 20 heavy (non-hydrogen) atoms. The summed E-state index contributed by atoms with van der Waals surface area (Å²) < 4.78 is 4.61. The van der Waals surface area contributed by atoms with Gasteiger partial charge in [0.25, 0.3) is 5.91 Å². The number of anilines is 1. The van der Waals surface area contributed by atoms with Crippen molar-refractivity contribution in [2.24, 2.45) is 0 Å². The van der Waals surface area contributed by atoms with E-state index in [1.165, 1.54) is 7.11 Å². The minimum atomic E-state index is -0.328. The molecule has 0 aliphatic rings. The summed E-state index contributed by atoms with van der Waals surface area (Å²) in [5.41, 5.74) is 1.99. The SMILES string of the molecule is COC(=O)Cc1cccc(C(=O)Nc2ccccc2)c1. The molecule has 4 heteroatoms. The van der Waals surface area contributed by atoms with Crippen LogP contribution in [-0.4, -0.2) is 19.0 Å². The van der Waals surface area contributed by atoms with Crippen molar-refractivity contribution in [2.75, 3.05) is 12.4 Å². The number of carbonyl (C=O) groups is 2. The van der Waals surface area contributed by atoms with Crippen LogP contribution in [0, 0.1) is 0 Å². The Balaban J connectivity index is 2.10. The lowest BCUT2D eigenvalue weighted by atomic mass is 10.1. The molecule has 0 saturated heterocycles. The van der Waals surface area contributed by atoms with E-state index in [9.17, 15) is 9.59 Å². The van der Waals surface area contributed by atoms with Gasteiger partial charge in [0.1, 0.15) is 0 Å². The zero-order valence-electron chi connectivity index (χ0n) is 11.1. The fourth-order valence-electron chi connectivity index (χ4n) is 1.79. The van der Waals surface area contributed by atoms with Crippen LogP contribution in [0.25, 0.3) is 0 Å². The van der Waals surface area contributed by atoms with E-state index in [0.717, 1.165) is 11.3 Å². The zero-order chi connectivity index (χ0) is 14.4. The van der Waals surface area contributed by atoms with E-state index in [1.807, 2.05) is 30.3 Å². The van der Waals surface area contributed by atoms with Gasteiger partial charge in [-0.25, -0.2) is 0 Å². The number of amides is 1. The van der Waals surface area contributed by atoms with Gasteiger partial charge in [0.2, 0.25) is 0 Å². The summed E-state index contributed by atoms with van der Waals surface area (Å²) in [5, 5.41) is 2.80. The minimum Gasteiger partial charge on any atom is -0.469 e. The van der Waals surface area contributed by atoms with Crippen molar-refractivity contribution < 1.29 is 14.3 Å². The third-order valence-corrected chi connectivity index (χ3v) is 2.80. The first-order valence-electron chi connectivity index (χ1n) is 6.21. The van der Waals surface area contributed by atoms with E-state index in [4.69, 9.17) is 0 Å². The molecule has 0 aliphatic heterocycles. The van der Waals surface area contributed by atoms with Gasteiger partial charge in [-0.1, -0.05) is 30.3 Å². The van der Waals surface area contributed by atoms with Gasteiger partial charge in [-0.15, -0.1) is 0 Å². The lowest BCUT2D eigenvalue weighted by Gasteiger charge is -2.06. The van der Waals surface area contributed by atoms with Gasteiger partial charge in [-0.3, -0.25) is 9.59 Å². The van der Waals surface area contributed by atoms with E-state index in [-0.39, 0.29) is 18.3 Å². The Morgan fingerprint density at radius 3 is 2.50 bits per heavy atom. The molecular formula is C16H15NO3. The predicted octanol–water partition coefficient (Wildman–Crippen LogP) is 2.65. The largest absolute Gasteiger partial charge is 0.469 e. The molecule has 0 saturated carbocycles. The Bertz CT molecular complexity index is 608. The molecule has 0 atom stereocenters. The number of hydrogen-bond acceptors (Lipinski definition) is 3. The first kappa shape index (κ1) is 13.8. The fourth-order valence-corrected chi connectivity index (χ4v) is 1.79. The normalized spacial score (nSPS) is 9.85. The third-order valence-electron chi connectivity index (χ3n) is 2.80. The molecule has 2 aromatic carbocycles. The van der Waals surface area contributed by atoms with Crippen LogP contribution in [0.5, 0.6) is 0 Å². The maximum Gasteiger partial charge on any atom is 0.309 e. The highest BCUT2D eigenvalue weighted by atomic mass is 16.5. The average Bonchev–Trinajstić information content (AvgIpc) is 2.48. The molecule has 1 amide bonds. The molecule has 0 radical (unpaired) electrons. The number of carbonyl (C=O) groups excluding carboxylic acids is 2. The van der Waals surface area contributed by atoms with Gasteiger partial charge in [0, 0.05) is 11.3 Å². The lowest BCUT2D eigenvalue weighted by Crippen LogP contribution is -2.12. The van der Waals surface area contributed by atoms with Crippen LogP contribution in [0.2, 0.25) is 0 Å². The molecule has 2 aromatic rings. The van der Waals surface area contributed by atoms with E-state index in [2.05, 4.69) is 10.1 Å². The van der Waals surface area contributed by atoms with E-state index in [1.54, 1.807) is 24.3 Å². The van der Waals surface area contributed by atoms with Crippen LogP contribution in [-0.2, 0) is 16.0 Å². The number of hydrogen-bond donors (Lipinski definition) is 1. The predicted molar refractivity (Wildman–Crippen MR) is 76.6 cm³/mol.